The van der Waals surface area contributed by atoms with Crippen molar-refractivity contribution in [2.45, 2.75) is 24.8 Å². The Hall–Kier alpha value is -0.670. The maximum atomic E-state index is 6.21. The molecule has 0 radical (unpaired) electrons. The number of nitrogens with one attached hydrogen (secondary N) is 1. The average Bonchev–Trinajstić information content (AvgIpc) is 2.46. The highest BCUT2D eigenvalue weighted by Crippen LogP contribution is 2.32. The quantitative estimate of drug-likeness (QED) is 0.705. The van der Waals surface area contributed by atoms with Crippen molar-refractivity contribution in [2.75, 3.05) is 12.8 Å². The maximum absolute atomic E-state index is 6.21. The predicted octanol–water partition coefficient (Wildman–Crippen LogP) is 5.66. The number of aryl methyl sites for hydroxylation is 2. The van der Waals surface area contributed by atoms with Gasteiger partial charge in [0.2, 0.25) is 0 Å². The van der Waals surface area contributed by atoms with Crippen LogP contribution in [0.2, 0.25) is 10.0 Å². The van der Waals surface area contributed by atoms with Gasteiger partial charge in [-0.1, -0.05) is 41.4 Å². The summed E-state index contributed by atoms with van der Waals surface area (Å²) in [6, 6.07) is 12.5. The summed E-state index contributed by atoms with van der Waals surface area (Å²) in [5, 5.41) is 4.84. The lowest BCUT2D eigenvalue weighted by Crippen LogP contribution is -2.18. The molecule has 0 aliphatic rings. The molecule has 4 heteroatoms. The SMILES string of the molecule is CNC(CSc1cc(Cl)ccc1Cl)c1ccc(C)c(C)c1. The standard InChI is InChI=1S/C17H19Cl2NS/c1-11-4-5-13(8-12(11)2)16(20-3)10-21-17-9-14(18)6-7-15(17)19/h4-9,16,20H,10H2,1-3H3. The number of rotatable bonds is 5. The highest BCUT2D eigenvalue weighted by Gasteiger charge is 2.12. The second-order valence-corrected chi connectivity index (χ2v) is 6.98. The maximum Gasteiger partial charge on any atom is 0.0542 e. The lowest BCUT2D eigenvalue weighted by molar-refractivity contribution is 0.661. The molecule has 2 aromatic rings. The molecule has 2 rings (SSSR count). The minimum Gasteiger partial charge on any atom is -0.312 e. The fraction of sp³-hybridized carbons (Fsp3) is 0.294. The van der Waals surface area contributed by atoms with Crippen LogP contribution >= 0.6 is 35.0 Å². The van der Waals surface area contributed by atoms with Gasteiger partial charge in [0.25, 0.3) is 0 Å². The van der Waals surface area contributed by atoms with E-state index >= 15 is 0 Å². The minimum atomic E-state index is 0.282. The molecule has 0 heterocycles. The van der Waals surface area contributed by atoms with Crippen LogP contribution in [0, 0.1) is 13.8 Å². The zero-order valence-electron chi connectivity index (χ0n) is 12.4. The number of thioether (sulfide) groups is 1. The van der Waals surface area contributed by atoms with E-state index < -0.39 is 0 Å². The van der Waals surface area contributed by atoms with Crippen molar-refractivity contribution in [2.24, 2.45) is 0 Å². The van der Waals surface area contributed by atoms with Crippen LogP contribution in [0.25, 0.3) is 0 Å². The van der Waals surface area contributed by atoms with Crippen molar-refractivity contribution < 1.29 is 0 Å². The van der Waals surface area contributed by atoms with Gasteiger partial charge in [-0.15, -0.1) is 11.8 Å². The van der Waals surface area contributed by atoms with E-state index in [1.165, 1.54) is 16.7 Å². The largest absolute Gasteiger partial charge is 0.312 e. The van der Waals surface area contributed by atoms with Gasteiger partial charge in [-0.25, -0.2) is 0 Å². The number of hydrogen-bond donors (Lipinski definition) is 1. The van der Waals surface area contributed by atoms with Gasteiger partial charge in [0, 0.05) is 21.7 Å². The van der Waals surface area contributed by atoms with E-state index in [-0.39, 0.29) is 6.04 Å². The van der Waals surface area contributed by atoms with Gasteiger partial charge < -0.3 is 5.32 Å². The van der Waals surface area contributed by atoms with Crippen molar-refractivity contribution in [1.82, 2.24) is 5.32 Å². The molecular weight excluding hydrogens is 321 g/mol. The Kier molecular flexibility index (Phi) is 6.00. The van der Waals surface area contributed by atoms with Gasteiger partial charge in [0.1, 0.15) is 0 Å². The molecule has 1 N–H and O–H groups in total. The van der Waals surface area contributed by atoms with E-state index in [0.29, 0.717) is 5.02 Å². The molecule has 0 saturated heterocycles. The third-order valence-corrected chi connectivity index (χ3v) is 5.41. The smallest absolute Gasteiger partial charge is 0.0542 e. The van der Waals surface area contributed by atoms with E-state index in [2.05, 4.69) is 37.4 Å². The van der Waals surface area contributed by atoms with E-state index in [1.807, 2.05) is 25.2 Å². The van der Waals surface area contributed by atoms with Crippen molar-refractivity contribution in [3.63, 3.8) is 0 Å². The molecule has 0 saturated carbocycles. The molecule has 0 aliphatic carbocycles. The molecule has 0 aromatic heterocycles. The summed E-state index contributed by atoms with van der Waals surface area (Å²) in [7, 11) is 1.99. The van der Waals surface area contributed by atoms with E-state index in [4.69, 9.17) is 23.2 Å². The van der Waals surface area contributed by atoms with Crippen LogP contribution in [-0.2, 0) is 0 Å². The average molecular weight is 340 g/mol. The Morgan fingerprint density at radius 3 is 2.48 bits per heavy atom. The van der Waals surface area contributed by atoms with Crippen LogP contribution in [0.3, 0.4) is 0 Å². The van der Waals surface area contributed by atoms with Crippen LogP contribution in [0.15, 0.2) is 41.3 Å². The molecule has 0 bridgehead atoms. The molecule has 1 atom stereocenters. The third kappa shape index (κ3) is 4.40. The van der Waals surface area contributed by atoms with Crippen LogP contribution in [-0.4, -0.2) is 12.8 Å². The first-order valence-electron chi connectivity index (χ1n) is 6.83. The summed E-state index contributed by atoms with van der Waals surface area (Å²) < 4.78 is 0. The monoisotopic (exact) mass is 339 g/mol. The molecule has 0 aliphatic heterocycles. The predicted molar refractivity (Wildman–Crippen MR) is 94.9 cm³/mol. The first-order chi connectivity index (χ1) is 10.0. The van der Waals surface area contributed by atoms with Gasteiger partial charge in [-0.2, -0.15) is 0 Å². The fourth-order valence-corrected chi connectivity index (χ4v) is 3.73. The minimum absolute atomic E-state index is 0.282. The number of hydrogen-bond acceptors (Lipinski definition) is 2. The first-order valence-corrected chi connectivity index (χ1v) is 8.57. The van der Waals surface area contributed by atoms with Crippen molar-refractivity contribution in [3.8, 4) is 0 Å². The van der Waals surface area contributed by atoms with Crippen molar-refractivity contribution in [3.05, 3.63) is 63.1 Å². The summed E-state index contributed by atoms with van der Waals surface area (Å²) in [4.78, 5) is 1.02. The van der Waals surface area contributed by atoms with Crippen LogP contribution in [0.5, 0.6) is 0 Å². The Morgan fingerprint density at radius 2 is 1.81 bits per heavy atom. The zero-order valence-corrected chi connectivity index (χ0v) is 14.7. The normalized spacial score (nSPS) is 12.4. The highest BCUT2D eigenvalue weighted by atomic mass is 35.5. The fourth-order valence-electron chi connectivity index (χ4n) is 2.09. The first kappa shape index (κ1) is 16.7. The van der Waals surface area contributed by atoms with Crippen molar-refractivity contribution in [1.29, 1.82) is 0 Å². The molecule has 21 heavy (non-hydrogen) atoms. The van der Waals surface area contributed by atoms with Gasteiger partial charge in [-0.3, -0.25) is 0 Å². The molecule has 0 fully saturated rings. The lowest BCUT2D eigenvalue weighted by atomic mass is 10.0. The second-order valence-electron chi connectivity index (χ2n) is 5.07. The molecule has 0 spiro atoms. The Bertz CT molecular complexity index is 628. The van der Waals surface area contributed by atoms with Crippen molar-refractivity contribution >= 4 is 35.0 Å². The van der Waals surface area contributed by atoms with Gasteiger partial charge >= 0.3 is 0 Å². The number of benzene rings is 2. The van der Waals surface area contributed by atoms with Gasteiger partial charge in [0.15, 0.2) is 0 Å². The van der Waals surface area contributed by atoms with Crippen LogP contribution in [0.4, 0.5) is 0 Å². The Labute approximate surface area is 141 Å². The zero-order chi connectivity index (χ0) is 15.4. The Balaban J connectivity index is 2.12. The summed E-state index contributed by atoms with van der Waals surface area (Å²) in [6.07, 6.45) is 0. The highest BCUT2D eigenvalue weighted by molar-refractivity contribution is 7.99. The third-order valence-electron chi connectivity index (χ3n) is 3.58. The van der Waals surface area contributed by atoms with E-state index in [0.717, 1.165) is 15.7 Å². The van der Waals surface area contributed by atoms with Crippen LogP contribution < -0.4 is 5.32 Å². The summed E-state index contributed by atoms with van der Waals surface area (Å²) in [5.74, 6) is 0.902. The summed E-state index contributed by atoms with van der Waals surface area (Å²) >= 11 is 14.0. The van der Waals surface area contributed by atoms with Gasteiger partial charge in [0.05, 0.1) is 5.02 Å². The molecule has 1 nitrogen and oxygen atoms in total. The van der Waals surface area contributed by atoms with Gasteiger partial charge in [-0.05, 0) is 55.8 Å². The Morgan fingerprint density at radius 1 is 1.05 bits per heavy atom. The molecule has 2 aromatic carbocycles. The van der Waals surface area contributed by atoms with Crippen LogP contribution in [0.1, 0.15) is 22.7 Å². The summed E-state index contributed by atoms with van der Waals surface area (Å²) in [5.41, 5.74) is 3.93. The lowest BCUT2D eigenvalue weighted by Gasteiger charge is -2.18. The second kappa shape index (κ2) is 7.55. The van der Waals surface area contributed by atoms with E-state index in [1.54, 1.807) is 11.8 Å². The topological polar surface area (TPSA) is 12.0 Å². The molecule has 112 valence electrons. The summed E-state index contributed by atoms with van der Waals surface area (Å²) in [6.45, 7) is 4.28. The number of halogens is 2. The van der Waals surface area contributed by atoms with E-state index in [9.17, 15) is 0 Å². The molecule has 0 amide bonds. The molecule has 1 unspecified atom stereocenters. The molecular formula is C17H19Cl2NS.